The molecular formula is C14H9F3N4O2S. The zero-order valence-electron chi connectivity index (χ0n) is 12.1. The fraction of sp³-hybridized carbons (Fsp3) is 0.143. The van der Waals surface area contributed by atoms with Crippen molar-refractivity contribution in [3.05, 3.63) is 35.4 Å². The average molecular weight is 354 g/mol. The van der Waals surface area contributed by atoms with E-state index in [1.165, 1.54) is 13.2 Å². The molecule has 6 nitrogen and oxygen atoms in total. The number of hydrogen-bond acceptors (Lipinski definition) is 5. The van der Waals surface area contributed by atoms with Gasteiger partial charge in [-0.15, -0.1) is 0 Å². The Morgan fingerprint density at radius 2 is 1.96 bits per heavy atom. The molecular weight excluding hydrogens is 345 g/mol. The molecule has 0 saturated carbocycles. The van der Waals surface area contributed by atoms with E-state index in [1.54, 1.807) is 24.3 Å². The number of nitrogens with zero attached hydrogens (tertiary/aromatic N) is 3. The third-order valence-corrected chi connectivity index (χ3v) is 4.08. The van der Waals surface area contributed by atoms with Crippen LogP contribution in [0.1, 0.15) is 5.56 Å². The molecule has 0 aliphatic carbocycles. The van der Waals surface area contributed by atoms with Gasteiger partial charge < -0.3 is 4.74 Å². The molecule has 0 atom stereocenters. The molecule has 0 saturated heterocycles. The summed E-state index contributed by atoms with van der Waals surface area (Å²) in [7, 11) is 1.51. The highest BCUT2D eigenvalue weighted by atomic mass is 32.2. The van der Waals surface area contributed by atoms with Gasteiger partial charge in [-0.05, 0) is 35.5 Å². The Labute approximate surface area is 138 Å². The quantitative estimate of drug-likeness (QED) is 0.829. The van der Waals surface area contributed by atoms with E-state index in [1.807, 2.05) is 0 Å². The number of thioether (sulfide) groups is 1. The van der Waals surface area contributed by atoms with Gasteiger partial charge in [0.25, 0.3) is 5.91 Å². The Bertz CT molecular complexity index is 812. The number of methoxy groups -OCH3 is 1. The first-order chi connectivity index (χ1) is 11.3. The number of hydrazone groups is 1. The van der Waals surface area contributed by atoms with E-state index in [9.17, 15) is 18.0 Å². The van der Waals surface area contributed by atoms with E-state index in [-0.39, 0.29) is 22.5 Å². The third-order valence-electron chi connectivity index (χ3n) is 3.12. The van der Waals surface area contributed by atoms with Gasteiger partial charge in [0.1, 0.15) is 5.75 Å². The topological polar surface area (TPSA) is 78.1 Å². The zero-order chi connectivity index (χ0) is 17.5. The minimum absolute atomic E-state index is 0.142. The number of hydrogen-bond donors (Lipinski definition) is 1. The van der Waals surface area contributed by atoms with Gasteiger partial charge in [0.2, 0.25) is 10.2 Å². The van der Waals surface area contributed by atoms with Crippen LogP contribution in [0.15, 0.2) is 39.9 Å². The number of ether oxygens (including phenoxy) is 1. The van der Waals surface area contributed by atoms with E-state index in [4.69, 9.17) is 10.1 Å². The second-order valence-corrected chi connectivity index (χ2v) is 5.65. The van der Waals surface area contributed by atoms with Crippen LogP contribution in [0, 0.1) is 5.41 Å². The fourth-order valence-corrected chi connectivity index (χ4v) is 2.73. The first kappa shape index (κ1) is 16.2. The highest BCUT2D eigenvalue weighted by Gasteiger charge is 2.46. The molecule has 0 fully saturated rings. The van der Waals surface area contributed by atoms with E-state index in [2.05, 4.69) is 10.1 Å². The fourth-order valence-electron chi connectivity index (χ4n) is 1.97. The number of halogens is 3. The minimum atomic E-state index is -4.66. The highest BCUT2D eigenvalue weighted by Crippen LogP contribution is 2.35. The summed E-state index contributed by atoms with van der Waals surface area (Å²) in [6.07, 6.45) is -3.29. The molecule has 0 aromatic heterocycles. The minimum Gasteiger partial charge on any atom is -0.497 e. The number of benzene rings is 1. The molecule has 0 radical (unpaired) electrons. The lowest BCUT2D eigenvalue weighted by molar-refractivity contribution is -0.114. The predicted octanol–water partition coefficient (Wildman–Crippen LogP) is 2.88. The van der Waals surface area contributed by atoms with Gasteiger partial charge in [-0.1, -0.05) is 12.1 Å². The molecule has 2 heterocycles. The van der Waals surface area contributed by atoms with Crippen LogP contribution >= 0.6 is 11.8 Å². The van der Waals surface area contributed by atoms with Gasteiger partial charge in [-0.2, -0.15) is 28.3 Å². The second-order valence-electron chi connectivity index (χ2n) is 4.70. The summed E-state index contributed by atoms with van der Waals surface area (Å²) >= 11 is 0.218. The first-order valence-corrected chi connectivity index (χ1v) is 7.32. The summed E-state index contributed by atoms with van der Waals surface area (Å²) in [5.74, 6) is -0.626. The maximum Gasteiger partial charge on any atom is 0.441 e. The van der Waals surface area contributed by atoms with Crippen LogP contribution in [0.3, 0.4) is 0 Å². The standard InChI is InChI=1S/C14H9F3N4O2S/c1-23-8-4-2-7(3-5-8)6-9-10(18)21-13(19-11(9)22)24-12(20-21)14(15,16)17/h2-6,18H,1H3/b9-6-,18-10?. The van der Waals surface area contributed by atoms with Gasteiger partial charge in [-0.3, -0.25) is 10.2 Å². The summed E-state index contributed by atoms with van der Waals surface area (Å²) in [6, 6.07) is 6.61. The van der Waals surface area contributed by atoms with E-state index in [0.717, 1.165) is 0 Å². The SMILES string of the molecule is COc1ccc(/C=C2/C(=N)N3N=C(C(F)(F)F)SC3=NC2=O)cc1. The van der Waals surface area contributed by atoms with Crippen LogP contribution in [0.5, 0.6) is 5.75 Å². The van der Waals surface area contributed by atoms with Crippen molar-refractivity contribution in [3.8, 4) is 5.75 Å². The summed E-state index contributed by atoms with van der Waals surface area (Å²) < 4.78 is 43.2. The van der Waals surface area contributed by atoms with Crippen molar-refractivity contribution in [1.82, 2.24) is 5.01 Å². The Morgan fingerprint density at radius 1 is 1.29 bits per heavy atom. The molecule has 10 heteroatoms. The Hall–Kier alpha value is -2.62. The Kier molecular flexibility index (Phi) is 3.91. The molecule has 1 aromatic rings. The largest absolute Gasteiger partial charge is 0.497 e. The maximum atomic E-state index is 12.7. The number of alkyl halides is 3. The van der Waals surface area contributed by atoms with Crippen molar-refractivity contribution in [3.63, 3.8) is 0 Å². The molecule has 24 heavy (non-hydrogen) atoms. The molecule has 1 aromatic carbocycles. The maximum absolute atomic E-state index is 12.7. The predicted molar refractivity (Wildman–Crippen MR) is 84.1 cm³/mol. The van der Waals surface area contributed by atoms with Crippen LogP contribution < -0.4 is 4.74 Å². The van der Waals surface area contributed by atoms with Crippen molar-refractivity contribution in [1.29, 1.82) is 5.41 Å². The number of amidine groups is 2. The normalized spacial score (nSPS) is 19.3. The van der Waals surface area contributed by atoms with Crippen molar-refractivity contribution >= 4 is 39.8 Å². The van der Waals surface area contributed by atoms with Crippen LogP contribution in [-0.2, 0) is 4.79 Å². The molecule has 3 rings (SSSR count). The zero-order valence-corrected chi connectivity index (χ0v) is 12.9. The molecule has 2 aliphatic rings. The van der Waals surface area contributed by atoms with Gasteiger partial charge in [0.15, 0.2) is 5.84 Å². The molecule has 1 amide bonds. The second kappa shape index (κ2) is 5.78. The van der Waals surface area contributed by atoms with Gasteiger partial charge in [0.05, 0.1) is 12.7 Å². The summed E-state index contributed by atoms with van der Waals surface area (Å²) in [5.41, 5.74) is 0.436. The van der Waals surface area contributed by atoms with Crippen LogP contribution in [0.4, 0.5) is 13.2 Å². The number of nitrogens with one attached hydrogen (secondary N) is 1. The number of amides is 1. The number of carbonyl (C=O) groups excluding carboxylic acids is 1. The van der Waals surface area contributed by atoms with Crippen LogP contribution in [0.2, 0.25) is 0 Å². The number of aliphatic imine (C=N–C) groups is 1. The van der Waals surface area contributed by atoms with E-state index >= 15 is 0 Å². The lowest BCUT2D eigenvalue weighted by Crippen LogP contribution is -2.35. The van der Waals surface area contributed by atoms with Crippen molar-refractivity contribution < 1.29 is 22.7 Å². The van der Waals surface area contributed by atoms with Crippen LogP contribution in [0.25, 0.3) is 6.08 Å². The lowest BCUT2D eigenvalue weighted by atomic mass is 10.1. The molecule has 0 spiro atoms. The summed E-state index contributed by atoms with van der Waals surface area (Å²) in [6.45, 7) is 0. The van der Waals surface area contributed by atoms with Gasteiger partial charge >= 0.3 is 6.18 Å². The molecule has 0 bridgehead atoms. The number of rotatable bonds is 2. The van der Waals surface area contributed by atoms with Crippen molar-refractivity contribution in [2.24, 2.45) is 10.1 Å². The summed E-state index contributed by atoms with van der Waals surface area (Å²) in [5, 5.41) is 10.6. The summed E-state index contributed by atoms with van der Waals surface area (Å²) in [4.78, 5) is 15.6. The Balaban J connectivity index is 1.94. The average Bonchev–Trinajstić information content (AvgIpc) is 2.96. The highest BCUT2D eigenvalue weighted by molar-refractivity contribution is 8.27. The van der Waals surface area contributed by atoms with Gasteiger partial charge in [0, 0.05) is 0 Å². The third kappa shape index (κ3) is 2.92. The molecule has 0 unspecified atom stereocenters. The molecule has 2 aliphatic heterocycles. The number of carbonyl (C=O) groups is 1. The lowest BCUT2D eigenvalue weighted by Gasteiger charge is -2.20. The number of fused-ring (bicyclic) bond motifs is 1. The van der Waals surface area contributed by atoms with Crippen molar-refractivity contribution in [2.75, 3.05) is 7.11 Å². The van der Waals surface area contributed by atoms with E-state index < -0.39 is 23.0 Å². The van der Waals surface area contributed by atoms with Crippen molar-refractivity contribution in [2.45, 2.75) is 6.18 Å². The molecule has 124 valence electrons. The monoisotopic (exact) mass is 354 g/mol. The Morgan fingerprint density at radius 3 is 2.54 bits per heavy atom. The van der Waals surface area contributed by atoms with Crippen LogP contribution in [-0.4, -0.2) is 40.2 Å². The molecule has 1 N–H and O–H groups in total. The van der Waals surface area contributed by atoms with E-state index in [0.29, 0.717) is 16.3 Å². The van der Waals surface area contributed by atoms with Gasteiger partial charge in [-0.25, -0.2) is 0 Å². The first-order valence-electron chi connectivity index (χ1n) is 6.51. The smallest absolute Gasteiger partial charge is 0.441 e.